The molecule has 3 aromatic rings. The molecule has 1 N–H and O–H groups in total. The standard InChI is InChI=1S/C22H23N3O3/c1-2-28-19-10-8-18(9-11-19)20-12-13-22(27)25(24-20)15-14-23-21(26)16-17-6-4-3-5-7-17/h3-13H,2,14-16H2,1H3,(H,23,26). The Labute approximate surface area is 163 Å². The van der Waals surface area contributed by atoms with Gasteiger partial charge in [-0.2, -0.15) is 5.10 Å². The van der Waals surface area contributed by atoms with Crippen LogP contribution in [0.2, 0.25) is 0 Å². The summed E-state index contributed by atoms with van der Waals surface area (Å²) in [5.41, 5.74) is 2.34. The zero-order chi connectivity index (χ0) is 19.8. The Kier molecular flexibility index (Phi) is 6.57. The van der Waals surface area contributed by atoms with E-state index < -0.39 is 0 Å². The summed E-state index contributed by atoms with van der Waals surface area (Å²) in [7, 11) is 0. The highest BCUT2D eigenvalue weighted by atomic mass is 16.5. The highest BCUT2D eigenvalue weighted by Gasteiger charge is 2.06. The third-order valence-corrected chi connectivity index (χ3v) is 4.18. The van der Waals surface area contributed by atoms with Crippen LogP contribution in [0.4, 0.5) is 0 Å². The number of amides is 1. The summed E-state index contributed by atoms with van der Waals surface area (Å²) in [6.45, 7) is 3.19. The molecule has 1 aromatic heterocycles. The van der Waals surface area contributed by atoms with Crippen molar-refractivity contribution in [2.24, 2.45) is 0 Å². The second-order valence-corrected chi connectivity index (χ2v) is 6.25. The average molecular weight is 377 g/mol. The van der Waals surface area contributed by atoms with Gasteiger partial charge in [-0.05, 0) is 42.8 Å². The Morgan fingerprint density at radius 3 is 2.50 bits per heavy atom. The van der Waals surface area contributed by atoms with Gasteiger partial charge >= 0.3 is 0 Å². The van der Waals surface area contributed by atoms with E-state index in [9.17, 15) is 9.59 Å². The van der Waals surface area contributed by atoms with Crippen LogP contribution < -0.4 is 15.6 Å². The Morgan fingerprint density at radius 2 is 1.79 bits per heavy atom. The number of rotatable bonds is 8. The highest BCUT2D eigenvalue weighted by Crippen LogP contribution is 2.19. The molecule has 2 aromatic carbocycles. The van der Waals surface area contributed by atoms with Gasteiger partial charge < -0.3 is 10.1 Å². The smallest absolute Gasteiger partial charge is 0.266 e. The first kappa shape index (κ1) is 19.4. The topological polar surface area (TPSA) is 73.2 Å². The summed E-state index contributed by atoms with van der Waals surface area (Å²) in [5, 5.41) is 7.24. The van der Waals surface area contributed by atoms with Crippen LogP contribution in [0.15, 0.2) is 71.5 Å². The van der Waals surface area contributed by atoms with E-state index in [0.717, 1.165) is 16.9 Å². The quantitative estimate of drug-likeness (QED) is 0.655. The zero-order valence-corrected chi connectivity index (χ0v) is 15.8. The van der Waals surface area contributed by atoms with E-state index in [2.05, 4.69) is 10.4 Å². The maximum atomic E-state index is 12.1. The molecule has 0 aliphatic carbocycles. The van der Waals surface area contributed by atoms with Gasteiger partial charge in [-0.15, -0.1) is 0 Å². The number of nitrogens with one attached hydrogen (secondary N) is 1. The van der Waals surface area contributed by atoms with Gasteiger partial charge in [-0.1, -0.05) is 30.3 Å². The second-order valence-electron chi connectivity index (χ2n) is 6.25. The number of carbonyl (C=O) groups excluding carboxylic acids is 1. The minimum absolute atomic E-state index is 0.0816. The summed E-state index contributed by atoms with van der Waals surface area (Å²) in [6.07, 6.45) is 0.315. The van der Waals surface area contributed by atoms with Gasteiger partial charge in [0, 0.05) is 18.2 Å². The molecule has 0 aliphatic heterocycles. The van der Waals surface area contributed by atoms with Crippen molar-refractivity contribution in [3.63, 3.8) is 0 Å². The molecular weight excluding hydrogens is 354 g/mol. The van der Waals surface area contributed by atoms with Gasteiger partial charge in [0.25, 0.3) is 5.56 Å². The van der Waals surface area contributed by atoms with Crippen LogP contribution in [-0.4, -0.2) is 28.8 Å². The lowest BCUT2D eigenvalue weighted by atomic mass is 10.1. The van der Waals surface area contributed by atoms with E-state index >= 15 is 0 Å². The number of ether oxygens (including phenoxy) is 1. The molecule has 0 spiro atoms. The van der Waals surface area contributed by atoms with Gasteiger partial charge in [0.1, 0.15) is 5.75 Å². The van der Waals surface area contributed by atoms with Crippen molar-refractivity contribution in [2.45, 2.75) is 19.9 Å². The van der Waals surface area contributed by atoms with Gasteiger partial charge in [-0.3, -0.25) is 9.59 Å². The molecule has 0 saturated carbocycles. The third kappa shape index (κ3) is 5.30. The van der Waals surface area contributed by atoms with E-state index in [-0.39, 0.29) is 11.5 Å². The molecule has 28 heavy (non-hydrogen) atoms. The monoisotopic (exact) mass is 377 g/mol. The summed E-state index contributed by atoms with van der Waals surface area (Å²) >= 11 is 0. The summed E-state index contributed by atoms with van der Waals surface area (Å²) in [6, 6.07) is 20.3. The first-order chi connectivity index (χ1) is 13.7. The summed E-state index contributed by atoms with van der Waals surface area (Å²) in [4.78, 5) is 24.1. The fourth-order valence-electron chi connectivity index (χ4n) is 2.80. The van der Waals surface area contributed by atoms with E-state index in [0.29, 0.717) is 31.8 Å². The van der Waals surface area contributed by atoms with Crippen molar-refractivity contribution >= 4 is 5.91 Å². The lowest BCUT2D eigenvalue weighted by Gasteiger charge is -2.09. The minimum Gasteiger partial charge on any atom is -0.494 e. The van der Waals surface area contributed by atoms with E-state index in [1.807, 2.05) is 61.5 Å². The van der Waals surface area contributed by atoms with E-state index in [1.54, 1.807) is 6.07 Å². The van der Waals surface area contributed by atoms with Crippen molar-refractivity contribution in [3.05, 3.63) is 82.6 Å². The van der Waals surface area contributed by atoms with Crippen molar-refractivity contribution in [2.75, 3.05) is 13.2 Å². The van der Waals surface area contributed by atoms with Gasteiger partial charge in [0.05, 0.1) is 25.3 Å². The fourth-order valence-corrected chi connectivity index (χ4v) is 2.80. The molecule has 0 aliphatic rings. The number of nitrogens with zero attached hydrogens (tertiary/aromatic N) is 2. The molecule has 0 fully saturated rings. The number of aromatic nitrogens is 2. The fraction of sp³-hybridized carbons (Fsp3) is 0.227. The van der Waals surface area contributed by atoms with Crippen LogP contribution in [0.1, 0.15) is 12.5 Å². The van der Waals surface area contributed by atoms with Crippen molar-refractivity contribution in [1.82, 2.24) is 15.1 Å². The third-order valence-electron chi connectivity index (χ3n) is 4.18. The Bertz CT molecular complexity index is 966. The SMILES string of the molecule is CCOc1ccc(-c2ccc(=O)n(CCNC(=O)Cc3ccccc3)n2)cc1. The number of benzene rings is 2. The first-order valence-electron chi connectivity index (χ1n) is 9.27. The molecular formula is C22H23N3O3. The molecule has 6 heteroatoms. The molecule has 1 heterocycles. The van der Waals surface area contributed by atoms with Gasteiger partial charge in [0.15, 0.2) is 0 Å². The number of hydrogen-bond donors (Lipinski definition) is 1. The van der Waals surface area contributed by atoms with Crippen LogP contribution in [-0.2, 0) is 17.8 Å². The lowest BCUT2D eigenvalue weighted by Crippen LogP contribution is -2.32. The van der Waals surface area contributed by atoms with Crippen molar-refractivity contribution in [3.8, 4) is 17.0 Å². The largest absolute Gasteiger partial charge is 0.494 e. The second kappa shape index (κ2) is 9.50. The molecule has 0 radical (unpaired) electrons. The Balaban J connectivity index is 1.60. The van der Waals surface area contributed by atoms with Crippen molar-refractivity contribution < 1.29 is 9.53 Å². The molecule has 6 nitrogen and oxygen atoms in total. The molecule has 0 atom stereocenters. The molecule has 0 unspecified atom stereocenters. The number of hydrogen-bond acceptors (Lipinski definition) is 4. The van der Waals surface area contributed by atoms with Gasteiger partial charge in [0.2, 0.25) is 5.91 Å². The summed E-state index contributed by atoms with van der Waals surface area (Å²) in [5.74, 6) is 0.711. The zero-order valence-electron chi connectivity index (χ0n) is 15.8. The molecule has 0 bridgehead atoms. The predicted molar refractivity (Wildman–Crippen MR) is 108 cm³/mol. The van der Waals surface area contributed by atoms with Crippen LogP contribution in [0.25, 0.3) is 11.3 Å². The predicted octanol–water partition coefficient (Wildman–Crippen LogP) is 2.67. The molecule has 1 amide bonds. The summed E-state index contributed by atoms with van der Waals surface area (Å²) < 4.78 is 6.81. The van der Waals surface area contributed by atoms with Gasteiger partial charge in [-0.25, -0.2) is 4.68 Å². The van der Waals surface area contributed by atoms with Crippen molar-refractivity contribution in [1.29, 1.82) is 0 Å². The maximum Gasteiger partial charge on any atom is 0.266 e. The van der Waals surface area contributed by atoms with Crippen LogP contribution >= 0.6 is 0 Å². The normalized spacial score (nSPS) is 10.5. The molecule has 144 valence electrons. The average Bonchev–Trinajstić information content (AvgIpc) is 2.71. The Morgan fingerprint density at radius 1 is 1.04 bits per heavy atom. The highest BCUT2D eigenvalue weighted by molar-refractivity contribution is 5.78. The lowest BCUT2D eigenvalue weighted by molar-refractivity contribution is -0.120. The van der Waals surface area contributed by atoms with Crippen LogP contribution in [0, 0.1) is 0 Å². The van der Waals surface area contributed by atoms with E-state index in [4.69, 9.17) is 4.74 Å². The van der Waals surface area contributed by atoms with Crippen LogP contribution in [0.3, 0.4) is 0 Å². The number of carbonyl (C=O) groups is 1. The van der Waals surface area contributed by atoms with E-state index in [1.165, 1.54) is 10.7 Å². The maximum absolute atomic E-state index is 12.1. The molecule has 0 saturated heterocycles. The van der Waals surface area contributed by atoms with Crippen LogP contribution in [0.5, 0.6) is 5.75 Å². The molecule has 3 rings (SSSR count). The Hall–Kier alpha value is -3.41. The minimum atomic E-state index is -0.202. The first-order valence-corrected chi connectivity index (χ1v) is 9.27.